The van der Waals surface area contributed by atoms with Crippen molar-refractivity contribution in [2.75, 3.05) is 6.61 Å². The Morgan fingerprint density at radius 1 is 1.53 bits per heavy atom. The number of halogens is 1. The SMILES string of the molecule is CCOC(=O)C(N)Cc1cc2ccc(F)c(C)c2[nH]1. The lowest BCUT2D eigenvalue weighted by molar-refractivity contribution is -0.144. The lowest BCUT2D eigenvalue weighted by Gasteiger charge is -2.08. The normalized spacial score (nSPS) is 12.6. The zero-order chi connectivity index (χ0) is 14.0. The smallest absolute Gasteiger partial charge is 0.323 e. The van der Waals surface area contributed by atoms with Crippen molar-refractivity contribution in [3.63, 3.8) is 0 Å². The molecule has 0 saturated carbocycles. The summed E-state index contributed by atoms with van der Waals surface area (Å²) in [7, 11) is 0. The lowest BCUT2D eigenvalue weighted by atomic mass is 10.1. The Morgan fingerprint density at radius 2 is 2.26 bits per heavy atom. The first-order valence-electron chi connectivity index (χ1n) is 6.21. The van der Waals surface area contributed by atoms with Crippen LogP contribution in [0.3, 0.4) is 0 Å². The fourth-order valence-electron chi connectivity index (χ4n) is 2.06. The van der Waals surface area contributed by atoms with Crippen LogP contribution >= 0.6 is 0 Å². The molecule has 3 N–H and O–H groups in total. The number of nitrogens with one attached hydrogen (secondary N) is 1. The van der Waals surface area contributed by atoms with Crippen molar-refractivity contribution in [3.05, 3.63) is 35.3 Å². The number of carbonyl (C=O) groups excluding carboxylic acids is 1. The fourth-order valence-corrected chi connectivity index (χ4v) is 2.06. The maximum absolute atomic E-state index is 13.4. The molecule has 0 aliphatic rings. The number of benzene rings is 1. The van der Waals surface area contributed by atoms with Gasteiger partial charge in [-0.2, -0.15) is 0 Å². The van der Waals surface area contributed by atoms with Crippen molar-refractivity contribution in [2.24, 2.45) is 5.73 Å². The maximum Gasteiger partial charge on any atom is 0.323 e. The summed E-state index contributed by atoms with van der Waals surface area (Å²) in [5.41, 5.74) is 7.86. The average Bonchev–Trinajstić information content (AvgIpc) is 2.77. The lowest BCUT2D eigenvalue weighted by Crippen LogP contribution is -2.34. The van der Waals surface area contributed by atoms with Gasteiger partial charge in [-0.3, -0.25) is 4.79 Å². The second-order valence-corrected chi connectivity index (χ2v) is 4.49. The molecule has 102 valence electrons. The molecule has 5 heteroatoms. The van der Waals surface area contributed by atoms with E-state index in [1.54, 1.807) is 19.9 Å². The summed E-state index contributed by atoms with van der Waals surface area (Å²) in [5, 5.41) is 0.907. The summed E-state index contributed by atoms with van der Waals surface area (Å²) in [4.78, 5) is 14.6. The maximum atomic E-state index is 13.4. The van der Waals surface area contributed by atoms with Gasteiger partial charge in [-0.05, 0) is 32.0 Å². The number of hydrogen-bond donors (Lipinski definition) is 2. The molecule has 4 nitrogen and oxygen atoms in total. The van der Waals surface area contributed by atoms with Gasteiger partial charge < -0.3 is 15.5 Å². The predicted octanol–water partition coefficient (Wildman–Crippen LogP) is 2.05. The number of nitrogens with two attached hydrogens (primary N) is 1. The molecular weight excluding hydrogens is 247 g/mol. The molecule has 1 unspecified atom stereocenters. The van der Waals surface area contributed by atoms with Gasteiger partial charge in [0.05, 0.1) is 12.1 Å². The second kappa shape index (κ2) is 5.40. The highest BCUT2D eigenvalue weighted by atomic mass is 19.1. The van der Waals surface area contributed by atoms with Gasteiger partial charge in [0.15, 0.2) is 0 Å². The zero-order valence-electron chi connectivity index (χ0n) is 11.0. The standard InChI is InChI=1S/C14H17FN2O2/c1-3-19-14(18)12(16)7-10-6-9-4-5-11(15)8(2)13(9)17-10/h4-6,12,17H,3,7,16H2,1-2H3. The van der Waals surface area contributed by atoms with E-state index in [1.165, 1.54) is 6.07 Å². The van der Waals surface area contributed by atoms with Crippen LogP contribution in [-0.4, -0.2) is 23.6 Å². The van der Waals surface area contributed by atoms with Gasteiger partial charge in [-0.15, -0.1) is 0 Å². The highest BCUT2D eigenvalue weighted by molar-refractivity contribution is 5.84. The van der Waals surface area contributed by atoms with Crippen molar-refractivity contribution in [1.82, 2.24) is 4.98 Å². The van der Waals surface area contributed by atoms with Crippen LogP contribution in [0.2, 0.25) is 0 Å². The molecule has 0 bridgehead atoms. The van der Waals surface area contributed by atoms with Gasteiger partial charge in [0.1, 0.15) is 11.9 Å². The van der Waals surface area contributed by atoms with E-state index in [9.17, 15) is 9.18 Å². The van der Waals surface area contributed by atoms with Gasteiger partial charge in [-0.25, -0.2) is 4.39 Å². The van der Waals surface area contributed by atoms with Crippen molar-refractivity contribution >= 4 is 16.9 Å². The molecule has 2 rings (SSSR count). The number of esters is 1. The Balaban J connectivity index is 2.22. The first-order valence-corrected chi connectivity index (χ1v) is 6.21. The summed E-state index contributed by atoms with van der Waals surface area (Å²) in [6.45, 7) is 3.76. The van der Waals surface area contributed by atoms with Gasteiger partial charge in [0, 0.05) is 23.1 Å². The molecule has 0 saturated heterocycles. The van der Waals surface area contributed by atoms with E-state index in [0.29, 0.717) is 18.6 Å². The second-order valence-electron chi connectivity index (χ2n) is 4.49. The molecule has 1 aromatic carbocycles. The number of hydrogen-bond acceptors (Lipinski definition) is 3. The third-order valence-electron chi connectivity index (χ3n) is 3.08. The topological polar surface area (TPSA) is 68.1 Å². The fraction of sp³-hybridized carbons (Fsp3) is 0.357. The molecule has 1 atom stereocenters. The summed E-state index contributed by atoms with van der Waals surface area (Å²) < 4.78 is 18.3. The van der Waals surface area contributed by atoms with Gasteiger partial charge in [-0.1, -0.05) is 0 Å². The van der Waals surface area contributed by atoms with E-state index in [1.807, 2.05) is 6.07 Å². The molecule has 0 fully saturated rings. The Hall–Kier alpha value is -1.88. The van der Waals surface area contributed by atoms with Crippen LogP contribution in [0.4, 0.5) is 4.39 Å². The average molecular weight is 264 g/mol. The molecule has 2 aromatic rings. The summed E-state index contributed by atoms with van der Waals surface area (Å²) >= 11 is 0. The van der Waals surface area contributed by atoms with E-state index in [4.69, 9.17) is 10.5 Å². The Bertz CT molecular complexity index is 607. The number of aryl methyl sites for hydroxylation is 1. The number of aromatic amines is 1. The summed E-state index contributed by atoms with van der Waals surface area (Å²) in [5.74, 6) is -0.681. The molecule has 0 amide bonds. The van der Waals surface area contributed by atoms with E-state index in [2.05, 4.69) is 4.98 Å². The van der Waals surface area contributed by atoms with Gasteiger partial charge in [0.25, 0.3) is 0 Å². The van der Waals surface area contributed by atoms with Crippen molar-refractivity contribution < 1.29 is 13.9 Å². The van der Waals surface area contributed by atoms with E-state index < -0.39 is 12.0 Å². The van der Waals surface area contributed by atoms with Gasteiger partial charge in [0.2, 0.25) is 0 Å². The summed E-state index contributed by atoms with van der Waals surface area (Å²) in [6, 6.07) is 4.30. The molecule has 0 radical (unpaired) electrons. The highest BCUT2D eigenvalue weighted by Crippen LogP contribution is 2.22. The molecule has 0 aliphatic heterocycles. The molecule has 1 heterocycles. The number of aromatic nitrogens is 1. The van der Waals surface area contributed by atoms with E-state index >= 15 is 0 Å². The minimum absolute atomic E-state index is 0.254. The number of fused-ring (bicyclic) bond motifs is 1. The minimum atomic E-state index is -0.710. The van der Waals surface area contributed by atoms with Crippen LogP contribution in [0.15, 0.2) is 18.2 Å². The van der Waals surface area contributed by atoms with Crippen molar-refractivity contribution in [2.45, 2.75) is 26.3 Å². The Kier molecular flexibility index (Phi) is 3.85. The van der Waals surface area contributed by atoms with Crippen LogP contribution in [0, 0.1) is 12.7 Å². The van der Waals surface area contributed by atoms with Crippen LogP contribution in [0.25, 0.3) is 10.9 Å². The highest BCUT2D eigenvalue weighted by Gasteiger charge is 2.16. The third-order valence-corrected chi connectivity index (χ3v) is 3.08. The molecular formula is C14H17FN2O2. The summed E-state index contributed by atoms with van der Waals surface area (Å²) in [6.07, 6.45) is 0.342. The molecule has 0 aliphatic carbocycles. The number of H-pyrrole nitrogens is 1. The number of carbonyl (C=O) groups is 1. The molecule has 19 heavy (non-hydrogen) atoms. The van der Waals surface area contributed by atoms with Gasteiger partial charge >= 0.3 is 5.97 Å². The predicted molar refractivity (Wildman–Crippen MR) is 71.3 cm³/mol. The van der Waals surface area contributed by atoms with Crippen LogP contribution in [0.5, 0.6) is 0 Å². The van der Waals surface area contributed by atoms with E-state index in [0.717, 1.165) is 16.6 Å². The minimum Gasteiger partial charge on any atom is -0.465 e. The van der Waals surface area contributed by atoms with Crippen molar-refractivity contribution in [3.8, 4) is 0 Å². The van der Waals surface area contributed by atoms with Crippen LogP contribution in [0.1, 0.15) is 18.2 Å². The van der Waals surface area contributed by atoms with Crippen molar-refractivity contribution in [1.29, 1.82) is 0 Å². The quantitative estimate of drug-likeness (QED) is 0.830. The Labute approximate surface area is 110 Å². The van der Waals surface area contributed by atoms with Crippen LogP contribution in [-0.2, 0) is 16.0 Å². The number of ether oxygens (including phenoxy) is 1. The molecule has 0 spiro atoms. The molecule has 1 aromatic heterocycles. The first kappa shape index (κ1) is 13.5. The zero-order valence-corrected chi connectivity index (χ0v) is 11.0. The largest absolute Gasteiger partial charge is 0.465 e. The van der Waals surface area contributed by atoms with Crippen LogP contribution < -0.4 is 5.73 Å². The third kappa shape index (κ3) is 2.76. The first-order chi connectivity index (χ1) is 9.02. The number of rotatable bonds is 4. The van der Waals surface area contributed by atoms with E-state index in [-0.39, 0.29) is 5.82 Å². The monoisotopic (exact) mass is 264 g/mol. The Morgan fingerprint density at radius 3 is 2.95 bits per heavy atom.